The lowest BCUT2D eigenvalue weighted by atomic mass is 9.66. The number of nitrogens with zero attached hydrogens (tertiary/aromatic N) is 1. The zero-order chi connectivity index (χ0) is 24.4. The number of carbonyl (C=O) groups excluding carboxylic acids is 2. The van der Waals surface area contributed by atoms with Crippen LogP contribution in [0, 0.1) is 10.8 Å². The van der Waals surface area contributed by atoms with E-state index in [1.165, 1.54) is 0 Å². The van der Waals surface area contributed by atoms with Gasteiger partial charge in [-0.15, -0.1) is 0 Å². The molecule has 2 aliphatic rings. The molecule has 0 aromatic heterocycles. The maximum absolute atomic E-state index is 12.3. The van der Waals surface area contributed by atoms with Crippen LogP contribution in [-0.4, -0.2) is 53.7 Å². The van der Waals surface area contributed by atoms with Gasteiger partial charge in [-0.2, -0.15) is 0 Å². The number of benzene rings is 1. The molecule has 0 spiro atoms. The Morgan fingerprint density at radius 3 is 2.19 bits per heavy atom. The Kier molecular flexibility index (Phi) is 8.07. The van der Waals surface area contributed by atoms with E-state index in [2.05, 4.69) is 5.32 Å². The van der Waals surface area contributed by atoms with Gasteiger partial charge in [-0.05, 0) is 44.9 Å². The molecule has 0 radical (unpaired) electrons. The third-order valence-corrected chi connectivity index (χ3v) is 6.53. The number of nitrogens with one attached hydrogen (secondary N) is 1. The Balaban J connectivity index is 0.000000336. The first kappa shape index (κ1) is 26.6. The first-order valence-corrected chi connectivity index (χ1v) is 11.7. The smallest absolute Gasteiger partial charge is 0.410 e. The Morgan fingerprint density at radius 2 is 1.75 bits per heavy atom. The summed E-state index contributed by atoms with van der Waals surface area (Å²) in [6.07, 6.45) is 0.831. The zero-order valence-corrected chi connectivity index (χ0v) is 21.3. The lowest BCUT2D eigenvalue weighted by Gasteiger charge is -2.50. The summed E-state index contributed by atoms with van der Waals surface area (Å²) in [5.41, 5.74) is -1.31. The third kappa shape index (κ3) is 6.46. The lowest BCUT2D eigenvalue weighted by Crippen LogP contribution is -2.57. The predicted molar refractivity (Wildman–Crippen MR) is 128 cm³/mol. The van der Waals surface area contributed by atoms with Crippen molar-refractivity contribution in [1.82, 2.24) is 10.2 Å². The molecule has 1 amide bonds. The fourth-order valence-corrected chi connectivity index (χ4v) is 4.23. The van der Waals surface area contributed by atoms with E-state index in [9.17, 15) is 14.7 Å². The molecule has 1 aromatic carbocycles. The van der Waals surface area contributed by atoms with Crippen molar-refractivity contribution in [3.63, 3.8) is 0 Å². The molecule has 1 atom stereocenters. The standard InChI is InChI=1S/C18H26ClNO3.C7H13NO/c1-16(2,3)23-15(21)20-11-10-18(22,17(4,5)12-20)13-6-8-14(19)9-7-13;1-7(2)5-8-4-3-6(7)9/h6-9,22H,10-12H2,1-5H3;8H,3-5H2,1-2H3. The molecule has 2 N–H and O–H groups in total. The molecule has 6 nitrogen and oxygen atoms in total. The average Bonchev–Trinajstić information content (AvgIpc) is 2.66. The van der Waals surface area contributed by atoms with Crippen LogP contribution in [0.3, 0.4) is 0 Å². The molecule has 3 rings (SSSR count). The van der Waals surface area contributed by atoms with Gasteiger partial charge in [0.2, 0.25) is 0 Å². The van der Waals surface area contributed by atoms with E-state index in [-0.39, 0.29) is 11.5 Å². The number of ether oxygens (including phenoxy) is 1. The van der Waals surface area contributed by atoms with Crippen molar-refractivity contribution >= 4 is 23.5 Å². The van der Waals surface area contributed by atoms with E-state index in [0.717, 1.165) is 18.7 Å². The van der Waals surface area contributed by atoms with Crippen molar-refractivity contribution in [2.75, 3.05) is 26.2 Å². The van der Waals surface area contributed by atoms with Crippen LogP contribution < -0.4 is 5.32 Å². The van der Waals surface area contributed by atoms with Gasteiger partial charge in [0.05, 0.1) is 5.60 Å². The average molecular weight is 467 g/mol. The molecule has 2 fully saturated rings. The van der Waals surface area contributed by atoms with Crippen LogP contribution in [0.5, 0.6) is 0 Å². The first-order valence-electron chi connectivity index (χ1n) is 11.3. The minimum absolute atomic E-state index is 0.113. The number of carbonyl (C=O) groups is 2. The van der Waals surface area contributed by atoms with Crippen molar-refractivity contribution in [2.45, 2.75) is 72.5 Å². The van der Waals surface area contributed by atoms with E-state index in [1.54, 1.807) is 17.0 Å². The summed E-state index contributed by atoms with van der Waals surface area (Å²) in [6.45, 7) is 16.1. The van der Waals surface area contributed by atoms with Gasteiger partial charge in [-0.25, -0.2) is 4.79 Å². The predicted octanol–water partition coefficient (Wildman–Crippen LogP) is 4.77. The summed E-state index contributed by atoms with van der Waals surface area (Å²) < 4.78 is 5.45. The lowest BCUT2D eigenvalue weighted by molar-refractivity contribution is -0.128. The Hall–Kier alpha value is -1.63. The highest BCUT2D eigenvalue weighted by Gasteiger charge is 2.50. The molecule has 0 bridgehead atoms. The zero-order valence-electron chi connectivity index (χ0n) is 20.5. The fourth-order valence-electron chi connectivity index (χ4n) is 4.10. The number of rotatable bonds is 1. The van der Waals surface area contributed by atoms with Gasteiger partial charge >= 0.3 is 6.09 Å². The molecular formula is C25H39ClN2O4. The highest BCUT2D eigenvalue weighted by atomic mass is 35.5. The summed E-state index contributed by atoms with van der Waals surface area (Å²) >= 11 is 5.94. The Bertz CT molecular complexity index is 814. The molecule has 7 heteroatoms. The van der Waals surface area contributed by atoms with E-state index in [4.69, 9.17) is 16.3 Å². The maximum atomic E-state index is 12.3. The summed E-state index contributed by atoms with van der Waals surface area (Å²) in [6, 6.07) is 7.27. The number of hydrogen-bond donors (Lipinski definition) is 2. The first-order chi connectivity index (χ1) is 14.6. The van der Waals surface area contributed by atoms with Crippen LogP contribution in [-0.2, 0) is 15.1 Å². The van der Waals surface area contributed by atoms with Crippen molar-refractivity contribution < 1.29 is 19.4 Å². The Labute approximate surface area is 197 Å². The second kappa shape index (κ2) is 9.70. The number of aliphatic hydroxyl groups is 1. The molecule has 1 unspecified atom stereocenters. The van der Waals surface area contributed by atoms with Crippen molar-refractivity contribution in [2.24, 2.45) is 10.8 Å². The van der Waals surface area contributed by atoms with Crippen molar-refractivity contribution in [1.29, 1.82) is 0 Å². The van der Waals surface area contributed by atoms with Gasteiger partial charge in [0.25, 0.3) is 0 Å². The minimum atomic E-state index is -1.00. The molecule has 2 aliphatic heterocycles. The molecular weight excluding hydrogens is 428 g/mol. The van der Waals surface area contributed by atoms with Gasteiger partial charge in [-0.3, -0.25) is 4.79 Å². The monoisotopic (exact) mass is 466 g/mol. The molecule has 1 aromatic rings. The minimum Gasteiger partial charge on any atom is -0.444 e. The summed E-state index contributed by atoms with van der Waals surface area (Å²) in [4.78, 5) is 25.1. The van der Waals surface area contributed by atoms with Crippen LogP contribution in [0.15, 0.2) is 24.3 Å². The number of Topliss-reactive ketones (excluding diaryl/α,β-unsaturated/α-hetero) is 1. The van der Waals surface area contributed by atoms with Crippen LogP contribution in [0.25, 0.3) is 0 Å². The second-order valence-electron chi connectivity index (χ2n) is 11.1. The summed E-state index contributed by atoms with van der Waals surface area (Å²) in [5, 5.41) is 15.1. The van der Waals surface area contributed by atoms with Crippen LogP contribution >= 0.6 is 11.6 Å². The van der Waals surface area contributed by atoms with Gasteiger partial charge in [0.1, 0.15) is 11.4 Å². The molecule has 0 saturated carbocycles. The van der Waals surface area contributed by atoms with E-state index < -0.39 is 16.6 Å². The van der Waals surface area contributed by atoms with Gasteiger partial charge < -0.3 is 20.1 Å². The van der Waals surface area contributed by atoms with Crippen LogP contribution in [0.1, 0.15) is 66.9 Å². The maximum Gasteiger partial charge on any atom is 0.410 e. The number of amides is 1. The molecule has 32 heavy (non-hydrogen) atoms. The topological polar surface area (TPSA) is 78.9 Å². The van der Waals surface area contributed by atoms with E-state index in [0.29, 0.717) is 36.7 Å². The third-order valence-electron chi connectivity index (χ3n) is 6.27. The van der Waals surface area contributed by atoms with Gasteiger partial charge in [0, 0.05) is 48.5 Å². The Morgan fingerprint density at radius 1 is 1.16 bits per heavy atom. The SMILES string of the molecule is CC(C)(C)OC(=O)N1CCC(O)(c2ccc(Cl)cc2)C(C)(C)C1.CC1(C)CNCCC1=O. The highest BCUT2D eigenvalue weighted by Crippen LogP contribution is 2.46. The van der Waals surface area contributed by atoms with E-state index >= 15 is 0 Å². The van der Waals surface area contributed by atoms with Gasteiger partial charge in [-0.1, -0.05) is 51.4 Å². The molecule has 2 heterocycles. The van der Waals surface area contributed by atoms with Crippen LogP contribution in [0.4, 0.5) is 4.79 Å². The van der Waals surface area contributed by atoms with Crippen molar-refractivity contribution in [3.8, 4) is 0 Å². The number of ketones is 1. The number of piperidine rings is 2. The van der Waals surface area contributed by atoms with E-state index in [1.807, 2.05) is 60.6 Å². The molecule has 2 saturated heterocycles. The highest BCUT2D eigenvalue weighted by molar-refractivity contribution is 6.30. The number of likely N-dealkylation sites (tertiary alicyclic amines) is 1. The number of halogens is 1. The number of hydrogen-bond acceptors (Lipinski definition) is 5. The largest absolute Gasteiger partial charge is 0.444 e. The van der Waals surface area contributed by atoms with Crippen molar-refractivity contribution in [3.05, 3.63) is 34.9 Å². The molecule has 180 valence electrons. The quantitative estimate of drug-likeness (QED) is 0.623. The van der Waals surface area contributed by atoms with Gasteiger partial charge in [0.15, 0.2) is 0 Å². The summed E-state index contributed by atoms with van der Waals surface area (Å²) in [5.74, 6) is 0.390. The summed E-state index contributed by atoms with van der Waals surface area (Å²) in [7, 11) is 0. The molecule has 0 aliphatic carbocycles. The fraction of sp³-hybridized carbons (Fsp3) is 0.680. The second-order valence-corrected chi connectivity index (χ2v) is 11.6. The normalized spacial score (nSPS) is 24.9. The van der Waals surface area contributed by atoms with Crippen LogP contribution in [0.2, 0.25) is 5.02 Å².